The van der Waals surface area contributed by atoms with Crippen LogP contribution in [0.1, 0.15) is 27.5 Å². The topological polar surface area (TPSA) is 80.7 Å². The predicted molar refractivity (Wildman–Crippen MR) is 118 cm³/mol. The zero-order valence-electron chi connectivity index (χ0n) is 17.8. The van der Waals surface area contributed by atoms with E-state index < -0.39 is 44.8 Å². The molecule has 0 aliphatic heterocycles. The number of rotatable bonds is 7. The van der Waals surface area contributed by atoms with Gasteiger partial charge in [0, 0.05) is 11.8 Å². The summed E-state index contributed by atoms with van der Waals surface area (Å²) in [6.07, 6.45) is -5.05. The van der Waals surface area contributed by atoms with Gasteiger partial charge in [0.15, 0.2) is 9.84 Å². The molecule has 0 aromatic heterocycles. The smallest absolute Gasteiger partial charge is 0.416 e. The van der Waals surface area contributed by atoms with Gasteiger partial charge in [0.05, 0.1) is 19.1 Å². The maximum absolute atomic E-state index is 14.1. The molecule has 0 saturated carbocycles. The van der Waals surface area contributed by atoms with Gasteiger partial charge in [-0.1, -0.05) is 60.7 Å². The Hall–Kier alpha value is -3.33. The Labute approximate surface area is 189 Å². The largest absolute Gasteiger partial charge is 0.496 e. The summed E-state index contributed by atoms with van der Waals surface area (Å²) in [5.74, 6) is -1.73. The number of carboxylic acids is 1. The van der Waals surface area contributed by atoms with E-state index in [9.17, 15) is 31.5 Å². The number of alkyl halides is 3. The van der Waals surface area contributed by atoms with E-state index in [0.29, 0.717) is 5.56 Å². The average Bonchev–Trinajstić information content (AvgIpc) is 2.73. The molecule has 1 unspecified atom stereocenters. The van der Waals surface area contributed by atoms with Crippen LogP contribution in [0.25, 0.3) is 11.1 Å². The molecule has 9 heteroatoms. The summed E-state index contributed by atoms with van der Waals surface area (Å²) < 4.78 is 73.7. The Balaban J connectivity index is 2.61. The molecule has 0 bridgehead atoms. The number of hydrogen-bond acceptors (Lipinski definition) is 4. The summed E-state index contributed by atoms with van der Waals surface area (Å²) in [4.78, 5) is 11.7. The number of benzene rings is 3. The number of carboxylic acid groups (broad SMARTS) is 1. The van der Waals surface area contributed by atoms with Crippen LogP contribution in [0, 0.1) is 0 Å². The third-order valence-electron chi connectivity index (χ3n) is 5.15. The lowest BCUT2D eigenvalue weighted by Crippen LogP contribution is -2.22. The molecule has 174 valence electrons. The molecule has 33 heavy (non-hydrogen) atoms. The SMILES string of the molecule is COc1cc(C(F)(F)F)c(CC(=O)O)c(C(c2ccccc2)S(C)(=O)=O)c1-c1ccccc1. The van der Waals surface area contributed by atoms with E-state index in [4.69, 9.17) is 4.74 Å². The van der Waals surface area contributed by atoms with Gasteiger partial charge in [0.2, 0.25) is 0 Å². The molecule has 3 aromatic rings. The highest BCUT2D eigenvalue weighted by atomic mass is 32.2. The minimum Gasteiger partial charge on any atom is -0.496 e. The summed E-state index contributed by atoms with van der Waals surface area (Å²) in [6, 6.07) is 16.7. The van der Waals surface area contributed by atoms with Gasteiger partial charge >= 0.3 is 12.1 Å². The second kappa shape index (κ2) is 9.27. The van der Waals surface area contributed by atoms with E-state index >= 15 is 0 Å². The van der Waals surface area contributed by atoms with Gasteiger partial charge in [0.25, 0.3) is 0 Å². The van der Waals surface area contributed by atoms with Crippen LogP contribution >= 0.6 is 0 Å². The van der Waals surface area contributed by atoms with Gasteiger partial charge in [0.1, 0.15) is 11.0 Å². The van der Waals surface area contributed by atoms with Crippen molar-refractivity contribution in [3.8, 4) is 16.9 Å². The number of sulfone groups is 1. The Kier molecular flexibility index (Phi) is 6.83. The van der Waals surface area contributed by atoms with Gasteiger partial charge < -0.3 is 9.84 Å². The van der Waals surface area contributed by atoms with Crippen molar-refractivity contribution in [3.63, 3.8) is 0 Å². The molecule has 0 aliphatic rings. The molecule has 3 rings (SSSR count). The van der Waals surface area contributed by atoms with Gasteiger partial charge in [-0.3, -0.25) is 4.79 Å². The molecule has 0 amide bonds. The molecule has 3 aromatic carbocycles. The fourth-order valence-corrected chi connectivity index (χ4v) is 5.26. The first-order valence-electron chi connectivity index (χ1n) is 9.77. The Morgan fingerprint density at radius 3 is 2.03 bits per heavy atom. The number of aliphatic carboxylic acids is 1. The van der Waals surface area contributed by atoms with Crippen molar-refractivity contribution in [1.82, 2.24) is 0 Å². The van der Waals surface area contributed by atoms with Crippen LogP contribution in [0.4, 0.5) is 13.2 Å². The Bertz CT molecular complexity index is 1250. The van der Waals surface area contributed by atoms with Gasteiger partial charge in [-0.05, 0) is 28.3 Å². The highest BCUT2D eigenvalue weighted by Crippen LogP contribution is 2.48. The van der Waals surface area contributed by atoms with Crippen molar-refractivity contribution < 1.29 is 36.2 Å². The summed E-state index contributed by atoms with van der Waals surface area (Å²) in [7, 11) is -2.88. The standard InChI is InChI=1S/C24H21F3O5S/c1-32-19-14-18(24(25,26)27)17(13-20(28)29)22(21(19)15-9-5-3-6-10-15)23(33(2,30)31)16-11-7-4-8-12-16/h3-12,14,23H,13H2,1-2H3,(H,28,29). The lowest BCUT2D eigenvalue weighted by molar-refractivity contribution is -0.139. The first-order valence-corrected chi connectivity index (χ1v) is 11.7. The zero-order valence-corrected chi connectivity index (χ0v) is 18.6. The van der Waals surface area contributed by atoms with Crippen LogP contribution in [0.2, 0.25) is 0 Å². The van der Waals surface area contributed by atoms with Crippen molar-refractivity contribution in [1.29, 1.82) is 0 Å². The maximum Gasteiger partial charge on any atom is 0.416 e. The van der Waals surface area contributed by atoms with Crippen molar-refractivity contribution in [3.05, 3.63) is 89.0 Å². The second-order valence-electron chi connectivity index (χ2n) is 7.45. The normalized spacial score (nSPS) is 12.9. The molecule has 0 heterocycles. The molecule has 0 spiro atoms. The number of methoxy groups -OCH3 is 1. The summed E-state index contributed by atoms with van der Waals surface area (Å²) in [6.45, 7) is 0. The van der Waals surface area contributed by atoms with Crippen LogP contribution in [0.5, 0.6) is 5.75 Å². The molecule has 0 radical (unpaired) electrons. The Morgan fingerprint density at radius 1 is 1.03 bits per heavy atom. The lowest BCUT2D eigenvalue weighted by Gasteiger charge is -2.27. The van der Waals surface area contributed by atoms with Crippen LogP contribution in [-0.2, 0) is 27.2 Å². The highest BCUT2D eigenvalue weighted by molar-refractivity contribution is 7.91. The summed E-state index contributed by atoms with van der Waals surface area (Å²) >= 11 is 0. The average molecular weight is 478 g/mol. The summed E-state index contributed by atoms with van der Waals surface area (Å²) in [5.41, 5.74) is -1.42. The molecular formula is C24H21F3O5S. The first-order chi connectivity index (χ1) is 15.4. The molecule has 5 nitrogen and oxygen atoms in total. The predicted octanol–water partition coefficient (Wildman–Crippen LogP) is 5.14. The minimum absolute atomic E-state index is 0.0987. The summed E-state index contributed by atoms with van der Waals surface area (Å²) in [5, 5.41) is 7.92. The van der Waals surface area contributed by atoms with Crippen molar-refractivity contribution in [2.45, 2.75) is 17.8 Å². The molecule has 1 N–H and O–H groups in total. The Morgan fingerprint density at radius 2 is 1.58 bits per heavy atom. The molecule has 0 aliphatic carbocycles. The van der Waals surface area contributed by atoms with E-state index in [0.717, 1.165) is 12.3 Å². The van der Waals surface area contributed by atoms with E-state index in [1.807, 2.05) is 0 Å². The lowest BCUT2D eigenvalue weighted by atomic mass is 9.85. The van der Waals surface area contributed by atoms with E-state index in [1.54, 1.807) is 48.5 Å². The number of halogens is 3. The monoisotopic (exact) mass is 478 g/mol. The van der Waals surface area contributed by atoms with Crippen LogP contribution < -0.4 is 4.74 Å². The fraction of sp³-hybridized carbons (Fsp3) is 0.208. The van der Waals surface area contributed by atoms with Crippen LogP contribution in [0.3, 0.4) is 0 Å². The molecule has 0 saturated heterocycles. The zero-order chi connectivity index (χ0) is 24.4. The fourth-order valence-electron chi connectivity index (χ4n) is 3.92. The van der Waals surface area contributed by atoms with Crippen LogP contribution in [0.15, 0.2) is 66.7 Å². The van der Waals surface area contributed by atoms with Crippen molar-refractivity contribution >= 4 is 15.8 Å². The number of hydrogen-bond donors (Lipinski definition) is 1. The van der Waals surface area contributed by atoms with Gasteiger partial charge in [-0.2, -0.15) is 13.2 Å². The first kappa shape index (κ1) is 24.3. The highest BCUT2D eigenvalue weighted by Gasteiger charge is 2.41. The van der Waals surface area contributed by atoms with E-state index in [1.165, 1.54) is 19.2 Å². The van der Waals surface area contributed by atoms with E-state index in [-0.39, 0.29) is 22.4 Å². The van der Waals surface area contributed by atoms with E-state index in [2.05, 4.69) is 0 Å². The maximum atomic E-state index is 14.1. The quantitative estimate of drug-likeness (QED) is 0.509. The van der Waals surface area contributed by atoms with Crippen molar-refractivity contribution in [2.24, 2.45) is 0 Å². The second-order valence-corrected chi connectivity index (χ2v) is 9.58. The minimum atomic E-state index is -4.94. The molecule has 0 fully saturated rings. The molecule has 1 atom stereocenters. The van der Waals surface area contributed by atoms with Gasteiger partial charge in [-0.25, -0.2) is 8.42 Å². The number of ether oxygens (including phenoxy) is 1. The van der Waals surface area contributed by atoms with Gasteiger partial charge in [-0.15, -0.1) is 0 Å². The third-order valence-corrected chi connectivity index (χ3v) is 6.51. The van der Waals surface area contributed by atoms with Crippen molar-refractivity contribution in [2.75, 3.05) is 13.4 Å². The number of carbonyl (C=O) groups is 1. The molecular weight excluding hydrogens is 457 g/mol. The third kappa shape index (κ3) is 5.19. The van der Waals surface area contributed by atoms with Crippen LogP contribution in [-0.4, -0.2) is 32.9 Å².